The molecule has 0 bridgehead atoms. The normalized spacial score (nSPS) is 11.2. The van der Waals surface area contributed by atoms with E-state index in [1.165, 1.54) is 32.4 Å². The van der Waals surface area contributed by atoms with E-state index in [9.17, 15) is 13.2 Å². The number of ether oxygens (including phenoxy) is 2. The van der Waals surface area contributed by atoms with E-state index in [2.05, 4.69) is 5.32 Å². The third-order valence-electron chi connectivity index (χ3n) is 5.60. The number of nitrogens with one attached hydrogen (secondary N) is 1. The molecule has 1 N–H and O–H groups in total. The summed E-state index contributed by atoms with van der Waals surface area (Å²) in [4.78, 5) is 12.9. The fraction of sp³-hybridized carbons (Fsp3) is 0.296. The molecule has 3 aromatic carbocycles. The van der Waals surface area contributed by atoms with Gasteiger partial charge in [0.05, 0.1) is 24.8 Å². The Hall–Kier alpha value is -2.59. The van der Waals surface area contributed by atoms with Gasteiger partial charge in [0.15, 0.2) is 11.5 Å². The second-order valence-electron chi connectivity index (χ2n) is 8.48. The highest BCUT2D eigenvalue weighted by Gasteiger charge is 2.28. The lowest BCUT2D eigenvalue weighted by atomic mass is 10.1. The predicted octanol–water partition coefficient (Wildman–Crippen LogP) is 5.87. The Morgan fingerprint density at radius 2 is 1.58 bits per heavy atom. The smallest absolute Gasteiger partial charge is 0.264 e. The van der Waals surface area contributed by atoms with Gasteiger partial charge in [0.2, 0.25) is 5.91 Å². The fourth-order valence-electron chi connectivity index (χ4n) is 3.81. The number of sulfonamides is 1. The summed E-state index contributed by atoms with van der Waals surface area (Å²) in [7, 11) is -1.22. The predicted molar refractivity (Wildman–Crippen MR) is 156 cm³/mol. The highest BCUT2D eigenvalue weighted by Crippen LogP contribution is 2.33. The molecule has 0 saturated carbocycles. The first kappa shape index (κ1) is 30.0. The van der Waals surface area contributed by atoms with E-state index in [-0.39, 0.29) is 17.2 Å². The average Bonchev–Trinajstić information content (AvgIpc) is 2.87. The number of methoxy groups -OCH3 is 2. The molecule has 204 valence electrons. The molecule has 0 heterocycles. The number of nitrogens with zero attached hydrogens (tertiary/aromatic N) is 1. The molecule has 0 aliphatic carbocycles. The first-order valence-corrected chi connectivity index (χ1v) is 15.0. The number of carbonyl (C=O) groups excluding carboxylic acids is 1. The Kier molecular flexibility index (Phi) is 10.6. The van der Waals surface area contributed by atoms with Gasteiger partial charge in [-0.15, -0.1) is 0 Å². The maximum Gasteiger partial charge on any atom is 0.264 e. The van der Waals surface area contributed by atoms with Gasteiger partial charge in [-0.05, 0) is 66.9 Å². The largest absolute Gasteiger partial charge is 0.493 e. The minimum Gasteiger partial charge on any atom is -0.493 e. The fourth-order valence-corrected chi connectivity index (χ4v) is 6.82. The van der Waals surface area contributed by atoms with Crippen LogP contribution in [-0.2, 0) is 20.6 Å². The van der Waals surface area contributed by atoms with Crippen molar-refractivity contribution in [1.29, 1.82) is 0 Å². The highest BCUT2D eigenvalue weighted by molar-refractivity contribution is 7.98. The van der Waals surface area contributed by atoms with Crippen LogP contribution in [0.25, 0.3) is 0 Å². The number of halogens is 2. The molecular weight excluding hydrogens is 567 g/mol. The number of hydrogen-bond donors (Lipinski definition) is 1. The zero-order valence-electron chi connectivity index (χ0n) is 21.6. The van der Waals surface area contributed by atoms with E-state index >= 15 is 0 Å². The summed E-state index contributed by atoms with van der Waals surface area (Å²) in [6, 6.07) is 15.1. The van der Waals surface area contributed by atoms with Crippen LogP contribution in [0.3, 0.4) is 0 Å². The van der Waals surface area contributed by atoms with Crippen molar-refractivity contribution in [2.75, 3.05) is 37.4 Å². The van der Waals surface area contributed by atoms with Gasteiger partial charge < -0.3 is 14.8 Å². The Balaban J connectivity index is 1.76. The summed E-state index contributed by atoms with van der Waals surface area (Å²) in [5.74, 6) is 1.44. The third kappa shape index (κ3) is 7.50. The summed E-state index contributed by atoms with van der Waals surface area (Å²) in [6.07, 6.45) is 0. The first-order chi connectivity index (χ1) is 18.1. The van der Waals surface area contributed by atoms with Crippen LogP contribution in [0.15, 0.2) is 59.5 Å². The number of benzene rings is 3. The molecular formula is C27H30Cl2N2O5S2. The minimum atomic E-state index is -4.12. The molecule has 0 saturated heterocycles. The number of thioether (sulfide) groups is 1. The second kappa shape index (κ2) is 13.5. The molecule has 0 aromatic heterocycles. The van der Waals surface area contributed by atoms with Gasteiger partial charge in [0.1, 0.15) is 6.54 Å². The molecule has 11 heteroatoms. The number of anilines is 1. The van der Waals surface area contributed by atoms with Crippen molar-refractivity contribution < 1.29 is 22.7 Å². The molecule has 0 aliphatic rings. The van der Waals surface area contributed by atoms with Crippen molar-refractivity contribution in [2.24, 2.45) is 0 Å². The van der Waals surface area contributed by atoms with Crippen LogP contribution in [0.4, 0.5) is 5.69 Å². The molecule has 3 rings (SSSR count). The van der Waals surface area contributed by atoms with Crippen molar-refractivity contribution >= 4 is 56.6 Å². The number of hydrogen-bond acceptors (Lipinski definition) is 6. The topological polar surface area (TPSA) is 84.9 Å². The average molecular weight is 598 g/mol. The monoisotopic (exact) mass is 596 g/mol. The molecule has 1 amide bonds. The van der Waals surface area contributed by atoms with Gasteiger partial charge in [-0.3, -0.25) is 9.10 Å². The van der Waals surface area contributed by atoms with Gasteiger partial charge in [0, 0.05) is 34.2 Å². The van der Waals surface area contributed by atoms with Crippen LogP contribution < -0.4 is 19.1 Å². The van der Waals surface area contributed by atoms with Crippen molar-refractivity contribution in [3.63, 3.8) is 0 Å². The van der Waals surface area contributed by atoms with E-state index in [1.807, 2.05) is 19.9 Å². The van der Waals surface area contributed by atoms with Crippen molar-refractivity contribution in [3.05, 3.63) is 81.3 Å². The van der Waals surface area contributed by atoms with Crippen molar-refractivity contribution in [1.82, 2.24) is 5.32 Å². The van der Waals surface area contributed by atoms with Gasteiger partial charge in [-0.25, -0.2) is 8.42 Å². The lowest BCUT2D eigenvalue weighted by Crippen LogP contribution is -2.41. The molecule has 3 aromatic rings. The van der Waals surface area contributed by atoms with Gasteiger partial charge in [-0.1, -0.05) is 35.3 Å². The second-order valence-corrected chi connectivity index (χ2v) is 12.3. The van der Waals surface area contributed by atoms with Gasteiger partial charge in [-0.2, -0.15) is 11.8 Å². The standard InChI is InChI=1S/C27H30Cl2N2O5S2/c1-18-12-19(2)14-20(13-18)31(38(33,34)21-8-9-25(35-3)26(15-21)36-4)16-27(32)30-10-11-37-17-22-23(28)6-5-7-24(22)29/h5-9,12-15H,10-11,16-17H2,1-4H3,(H,30,32). The Morgan fingerprint density at radius 3 is 2.18 bits per heavy atom. The molecule has 0 spiro atoms. The maximum absolute atomic E-state index is 13.8. The summed E-state index contributed by atoms with van der Waals surface area (Å²) in [6.45, 7) is 3.71. The molecule has 0 unspecified atom stereocenters. The SMILES string of the molecule is COc1ccc(S(=O)(=O)N(CC(=O)NCCSCc2c(Cl)cccc2Cl)c2cc(C)cc(C)c2)cc1OC. The molecule has 0 aliphatic heterocycles. The van der Waals surface area contributed by atoms with E-state index < -0.39 is 15.9 Å². The summed E-state index contributed by atoms with van der Waals surface area (Å²) in [5, 5.41) is 4.01. The summed E-state index contributed by atoms with van der Waals surface area (Å²) in [5.41, 5.74) is 2.99. The Morgan fingerprint density at radius 1 is 0.947 bits per heavy atom. The van der Waals surface area contributed by atoms with E-state index in [0.29, 0.717) is 39.5 Å². The van der Waals surface area contributed by atoms with Crippen LogP contribution in [0.1, 0.15) is 16.7 Å². The first-order valence-electron chi connectivity index (χ1n) is 11.7. The third-order valence-corrected chi connectivity index (χ3v) is 9.06. The van der Waals surface area contributed by atoms with Gasteiger partial charge in [0.25, 0.3) is 10.0 Å². The van der Waals surface area contributed by atoms with E-state index in [4.69, 9.17) is 32.7 Å². The lowest BCUT2D eigenvalue weighted by molar-refractivity contribution is -0.119. The van der Waals surface area contributed by atoms with Crippen molar-refractivity contribution in [2.45, 2.75) is 24.5 Å². The summed E-state index contributed by atoms with van der Waals surface area (Å²) >= 11 is 14.0. The Bertz CT molecular complexity index is 1360. The highest BCUT2D eigenvalue weighted by atomic mass is 35.5. The number of aryl methyl sites for hydroxylation is 2. The summed E-state index contributed by atoms with van der Waals surface area (Å²) < 4.78 is 39.2. The minimum absolute atomic E-state index is 0.0192. The van der Waals surface area contributed by atoms with E-state index in [1.54, 1.807) is 42.1 Å². The number of carbonyl (C=O) groups is 1. The lowest BCUT2D eigenvalue weighted by Gasteiger charge is -2.25. The maximum atomic E-state index is 13.8. The molecule has 0 radical (unpaired) electrons. The molecule has 38 heavy (non-hydrogen) atoms. The number of amides is 1. The van der Waals surface area contributed by atoms with Crippen LogP contribution in [0, 0.1) is 13.8 Å². The molecule has 0 fully saturated rings. The number of rotatable bonds is 12. The van der Waals surface area contributed by atoms with E-state index in [0.717, 1.165) is 21.0 Å². The zero-order valence-corrected chi connectivity index (χ0v) is 24.7. The molecule has 0 atom stereocenters. The van der Waals surface area contributed by atoms with Crippen LogP contribution >= 0.6 is 35.0 Å². The van der Waals surface area contributed by atoms with Crippen LogP contribution in [0.2, 0.25) is 10.0 Å². The molecule has 7 nitrogen and oxygen atoms in total. The zero-order chi connectivity index (χ0) is 27.9. The van der Waals surface area contributed by atoms with Crippen LogP contribution in [-0.4, -0.2) is 47.4 Å². The quantitative estimate of drug-likeness (QED) is 0.263. The van der Waals surface area contributed by atoms with Crippen molar-refractivity contribution in [3.8, 4) is 11.5 Å². The Labute approximate surface area is 238 Å². The van der Waals surface area contributed by atoms with Gasteiger partial charge >= 0.3 is 0 Å². The van der Waals surface area contributed by atoms with Crippen LogP contribution in [0.5, 0.6) is 11.5 Å².